The minimum Gasteiger partial charge on any atom is -0.335 e. The minimum absolute atomic E-state index is 0.262. The van der Waals surface area contributed by atoms with Crippen molar-refractivity contribution in [3.05, 3.63) is 29.5 Å². The van der Waals surface area contributed by atoms with Gasteiger partial charge < -0.3 is 4.90 Å². The minimum atomic E-state index is 0.262. The van der Waals surface area contributed by atoms with E-state index in [1.54, 1.807) is 0 Å². The molecule has 0 aromatic carbocycles. The van der Waals surface area contributed by atoms with Crippen LogP contribution in [0.25, 0.3) is 0 Å². The van der Waals surface area contributed by atoms with Gasteiger partial charge in [-0.1, -0.05) is 4.49 Å². The molecule has 2 fully saturated rings. The molecule has 2 aromatic rings. The van der Waals surface area contributed by atoms with Crippen LogP contribution in [0, 0.1) is 0 Å². The molecule has 0 radical (unpaired) electrons. The molecule has 2 aliphatic heterocycles. The fraction of sp³-hybridized carbons (Fsp3) is 0.600. The molecule has 0 bridgehead atoms. The van der Waals surface area contributed by atoms with E-state index in [2.05, 4.69) is 29.4 Å². The number of rotatable bonds is 3. The lowest BCUT2D eigenvalue weighted by atomic mass is 9.85. The summed E-state index contributed by atoms with van der Waals surface area (Å²) in [6, 6.07) is 1.89. The molecule has 0 unspecified atom stereocenters. The Morgan fingerprint density at radius 1 is 1.09 bits per heavy atom. The SMILES string of the molecule is c1cnc(N2CCCC23CCN(Cc2csnn2)CC3)nc1. The van der Waals surface area contributed by atoms with Gasteiger partial charge in [0.1, 0.15) is 0 Å². The zero-order valence-corrected chi connectivity index (χ0v) is 13.4. The molecule has 0 amide bonds. The van der Waals surface area contributed by atoms with E-state index in [4.69, 9.17) is 0 Å². The van der Waals surface area contributed by atoms with Crippen molar-refractivity contribution in [3.8, 4) is 0 Å². The third-order valence-corrected chi connectivity index (χ3v) is 5.52. The van der Waals surface area contributed by atoms with Crippen LogP contribution in [0.4, 0.5) is 5.95 Å². The first-order valence-electron chi connectivity index (χ1n) is 7.89. The highest BCUT2D eigenvalue weighted by Crippen LogP contribution is 2.40. The zero-order valence-electron chi connectivity index (χ0n) is 12.6. The van der Waals surface area contributed by atoms with Gasteiger partial charge in [0.15, 0.2) is 0 Å². The molecule has 2 aromatic heterocycles. The Morgan fingerprint density at radius 2 is 1.91 bits per heavy atom. The Kier molecular flexibility index (Phi) is 3.75. The average Bonchev–Trinajstić information content (AvgIpc) is 3.21. The molecule has 0 atom stereocenters. The molecule has 0 N–H and O–H groups in total. The predicted molar refractivity (Wildman–Crippen MR) is 85.8 cm³/mol. The number of likely N-dealkylation sites (tertiary alicyclic amines) is 1. The van der Waals surface area contributed by atoms with Crippen molar-refractivity contribution in [2.75, 3.05) is 24.5 Å². The molecule has 2 saturated heterocycles. The fourth-order valence-electron chi connectivity index (χ4n) is 3.81. The van der Waals surface area contributed by atoms with E-state index in [9.17, 15) is 0 Å². The van der Waals surface area contributed by atoms with Crippen molar-refractivity contribution >= 4 is 17.5 Å². The third kappa shape index (κ3) is 2.59. The molecule has 7 heteroatoms. The molecular weight excluding hydrogens is 296 g/mol. The monoisotopic (exact) mass is 316 g/mol. The maximum absolute atomic E-state index is 4.47. The lowest BCUT2D eigenvalue weighted by Crippen LogP contribution is -2.52. The molecule has 4 heterocycles. The molecule has 6 nitrogen and oxygen atoms in total. The van der Waals surface area contributed by atoms with Crippen molar-refractivity contribution in [1.82, 2.24) is 24.5 Å². The molecule has 2 aliphatic rings. The van der Waals surface area contributed by atoms with E-state index in [0.29, 0.717) is 0 Å². The predicted octanol–water partition coefficient (Wildman–Crippen LogP) is 1.96. The van der Waals surface area contributed by atoms with Crippen LogP contribution in [-0.2, 0) is 6.54 Å². The summed E-state index contributed by atoms with van der Waals surface area (Å²) in [7, 11) is 0. The van der Waals surface area contributed by atoms with E-state index in [1.807, 2.05) is 23.8 Å². The largest absolute Gasteiger partial charge is 0.335 e. The maximum Gasteiger partial charge on any atom is 0.225 e. The smallest absolute Gasteiger partial charge is 0.225 e. The number of aromatic nitrogens is 4. The Labute approximate surface area is 134 Å². The van der Waals surface area contributed by atoms with Crippen molar-refractivity contribution in [2.45, 2.75) is 37.8 Å². The van der Waals surface area contributed by atoms with Gasteiger partial charge in [0.2, 0.25) is 5.95 Å². The molecule has 4 rings (SSSR count). The van der Waals surface area contributed by atoms with Crippen LogP contribution >= 0.6 is 11.5 Å². The lowest BCUT2D eigenvalue weighted by molar-refractivity contribution is 0.154. The highest BCUT2D eigenvalue weighted by Gasteiger charge is 2.44. The summed E-state index contributed by atoms with van der Waals surface area (Å²) >= 11 is 1.43. The van der Waals surface area contributed by atoms with Crippen molar-refractivity contribution in [3.63, 3.8) is 0 Å². The van der Waals surface area contributed by atoms with Crippen LogP contribution in [0.3, 0.4) is 0 Å². The topological polar surface area (TPSA) is 58.0 Å². The summed E-state index contributed by atoms with van der Waals surface area (Å²) in [5.74, 6) is 0.900. The molecule has 0 aliphatic carbocycles. The first kappa shape index (κ1) is 14.0. The first-order chi connectivity index (χ1) is 10.9. The second-order valence-electron chi connectivity index (χ2n) is 6.20. The van der Waals surface area contributed by atoms with Crippen LogP contribution in [0.1, 0.15) is 31.4 Å². The zero-order chi connectivity index (χ0) is 14.8. The van der Waals surface area contributed by atoms with Gasteiger partial charge in [-0.3, -0.25) is 4.90 Å². The highest BCUT2D eigenvalue weighted by atomic mass is 32.1. The van der Waals surface area contributed by atoms with Gasteiger partial charge in [-0.2, -0.15) is 0 Å². The fourth-order valence-corrected chi connectivity index (χ4v) is 4.25. The van der Waals surface area contributed by atoms with E-state index in [0.717, 1.165) is 37.8 Å². The van der Waals surface area contributed by atoms with Crippen LogP contribution in [0.15, 0.2) is 23.8 Å². The van der Waals surface area contributed by atoms with E-state index >= 15 is 0 Å². The van der Waals surface area contributed by atoms with Crippen molar-refractivity contribution in [2.24, 2.45) is 0 Å². The highest BCUT2D eigenvalue weighted by molar-refractivity contribution is 7.03. The Hall–Kier alpha value is -1.60. The number of hydrogen-bond donors (Lipinski definition) is 0. The van der Waals surface area contributed by atoms with Crippen LogP contribution in [0.2, 0.25) is 0 Å². The summed E-state index contributed by atoms with van der Waals surface area (Å²) in [5, 5.41) is 6.20. The van der Waals surface area contributed by atoms with Crippen LogP contribution in [0.5, 0.6) is 0 Å². The Balaban J connectivity index is 1.45. The average molecular weight is 316 g/mol. The molecule has 22 heavy (non-hydrogen) atoms. The molecule has 0 saturated carbocycles. The molecular formula is C15H20N6S. The second-order valence-corrected chi connectivity index (χ2v) is 6.81. The summed E-state index contributed by atoms with van der Waals surface area (Å²) < 4.78 is 3.95. The van der Waals surface area contributed by atoms with Gasteiger partial charge in [0.05, 0.1) is 5.69 Å². The lowest BCUT2D eigenvalue weighted by Gasteiger charge is -2.44. The quantitative estimate of drug-likeness (QED) is 0.863. The standard InChI is InChI=1S/C15H20N6S/c1-3-15(21(8-1)14-16-6-2-7-17-14)4-9-20(10-5-15)11-13-12-22-19-18-13/h2,6-7,12H,1,3-5,8-11H2. The van der Waals surface area contributed by atoms with Gasteiger partial charge >= 0.3 is 0 Å². The van der Waals surface area contributed by atoms with Crippen molar-refractivity contribution in [1.29, 1.82) is 0 Å². The summed E-state index contributed by atoms with van der Waals surface area (Å²) in [5.41, 5.74) is 1.36. The number of piperidine rings is 1. The number of nitrogens with zero attached hydrogens (tertiary/aromatic N) is 6. The van der Waals surface area contributed by atoms with E-state index in [1.165, 1.54) is 37.2 Å². The first-order valence-corrected chi connectivity index (χ1v) is 8.72. The summed E-state index contributed by atoms with van der Waals surface area (Å²) in [4.78, 5) is 13.9. The molecule has 116 valence electrons. The van der Waals surface area contributed by atoms with E-state index in [-0.39, 0.29) is 5.54 Å². The Bertz CT molecular complexity index is 594. The maximum atomic E-state index is 4.47. The molecule has 1 spiro atoms. The summed E-state index contributed by atoms with van der Waals surface area (Å²) in [6.45, 7) is 4.23. The van der Waals surface area contributed by atoms with Gasteiger partial charge in [-0.05, 0) is 43.3 Å². The number of anilines is 1. The van der Waals surface area contributed by atoms with Crippen molar-refractivity contribution < 1.29 is 0 Å². The number of hydrogen-bond acceptors (Lipinski definition) is 7. The second kappa shape index (κ2) is 5.89. The van der Waals surface area contributed by atoms with Gasteiger partial charge in [-0.15, -0.1) is 5.10 Å². The van der Waals surface area contributed by atoms with Crippen LogP contribution < -0.4 is 4.90 Å². The summed E-state index contributed by atoms with van der Waals surface area (Å²) in [6.07, 6.45) is 8.56. The van der Waals surface area contributed by atoms with Gasteiger partial charge in [0, 0.05) is 49.5 Å². The third-order valence-electron chi connectivity index (χ3n) is 4.97. The van der Waals surface area contributed by atoms with E-state index < -0.39 is 0 Å². The van der Waals surface area contributed by atoms with Crippen LogP contribution in [-0.4, -0.2) is 49.6 Å². The normalized spacial score (nSPS) is 21.5. The van der Waals surface area contributed by atoms with Gasteiger partial charge in [-0.25, -0.2) is 9.97 Å². The van der Waals surface area contributed by atoms with Gasteiger partial charge in [0.25, 0.3) is 0 Å². The Morgan fingerprint density at radius 3 is 2.64 bits per heavy atom.